The summed E-state index contributed by atoms with van der Waals surface area (Å²) in [6, 6.07) is 172. The highest BCUT2D eigenvalue weighted by molar-refractivity contribution is 7.28. The van der Waals surface area contributed by atoms with Gasteiger partial charge in [-0.1, -0.05) is 340 Å². The number of para-hydroxylation sites is 5. The van der Waals surface area contributed by atoms with E-state index in [4.69, 9.17) is 9.97 Å². The Morgan fingerprint density at radius 2 is 0.593 bits per heavy atom. The second-order valence-corrected chi connectivity index (χ2v) is 40.6. The van der Waals surface area contributed by atoms with E-state index < -0.39 is 0 Å². The minimum atomic E-state index is 0.739. The smallest absolute Gasteiger partial charge is 0.160 e. The van der Waals surface area contributed by atoms with Crippen LogP contribution in [-0.2, 0) is 0 Å². The van der Waals surface area contributed by atoms with Crippen molar-refractivity contribution in [3.63, 3.8) is 0 Å². The standard InChI is InChI=1S/C52H29N3S2.C44H28N2S.C34H21NS/c1-2-13-31(14-3-1)48-40-26-22-30-12-4-5-15-34(30)49(40)54-52(53-48)32-23-25-35-41-29-33(24-27-44(41)56-45(35)28-32)55-42-20-10-8-18-38(42)46-36-16-6-7-17-37(36)47-39-19-9-11-21-43(39)57-51(47)50(46)55;1-3-15-31(16-4-1)45(32-17-5-2-6-18-32)34-25-26-40-38(28-34)42-36-20-10-9-19-35(36)41-37-21-11-12-22-39(37)46(43(41)44(42)47-40)33-24-23-29-13-7-8-14-30(29)27-33;1-3-11-22(12-4-1)23-19-20-29-28(21-23)31-25-15-7-8-16-26(25)32-27-17-9-10-18-30(27)36-34(32)33(31)35(29)24-13-5-2-6-14-24/h1-29H;1-28H;1-21H. The fourth-order valence-electron chi connectivity index (χ4n) is 22.6. The monoisotopic (exact) mass is 1850 g/mol. The number of anilines is 3. The number of fused-ring (bicyclic) bond motifs is 37. The Hall–Kier alpha value is -17.2. The molecule has 8 heterocycles. The van der Waals surface area contributed by atoms with Crippen molar-refractivity contribution in [1.82, 2.24) is 23.7 Å². The normalized spacial score (nSPS) is 12.0. The summed E-state index contributed by atoms with van der Waals surface area (Å²) in [5, 5.41) is 32.0. The van der Waals surface area contributed by atoms with Crippen LogP contribution in [-0.4, -0.2) is 23.7 Å². The summed E-state index contributed by atoms with van der Waals surface area (Å²) in [4.78, 5) is 12.9. The van der Waals surface area contributed by atoms with Gasteiger partial charge in [-0.3, -0.25) is 0 Å². The molecule has 31 rings (SSSR count). The van der Waals surface area contributed by atoms with Gasteiger partial charge < -0.3 is 18.6 Å². The summed E-state index contributed by atoms with van der Waals surface area (Å²) < 4.78 is 17.9. The van der Waals surface area contributed by atoms with Gasteiger partial charge in [-0.15, -0.1) is 45.3 Å². The highest BCUT2D eigenvalue weighted by Crippen LogP contribution is 2.55. The minimum absolute atomic E-state index is 0.739. The first-order valence-corrected chi connectivity index (χ1v) is 50.8. The van der Waals surface area contributed by atoms with Gasteiger partial charge in [0.15, 0.2) is 5.82 Å². The van der Waals surface area contributed by atoms with Crippen LogP contribution in [0, 0.1) is 0 Å². The summed E-state index contributed by atoms with van der Waals surface area (Å²) >= 11 is 7.56. The number of hydrogen-bond donors (Lipinski definition) is 0. The number of benzene rings is 23. The predicted molar refractivity (Wildman–Crippen MR) is 606 cm³/mol. The molecule has 0 aliphatic carbocycles. The lowest BCUT2D eigenvalue weighted by atomic mass is 9.97. The maximum atomic E-state index is 5.28. The minimum Gasteiger partial charge on any atom is -0.310 e. The molecule has 10 heteroatoms. The Morgan fingerprint density at radius 1 is 0.186 bits per heavy atom. The molecular weight excluding hydrogens is 1770 g/mol. The molecule has 0 saturated carbocycles. The summed E-state index contributed by atoms with van der Waals surface area (Å²) in [7, 11) is 0. The van der Waals surface area contributed by atoms with Crippen molar-refractivity contribution in [1.29, 1.82) is 0 Å². The zero-order valence-electron chi connectivity index (χ0n) is 75.3. The first-order valence-electron chi connectivity index (χ1n) is 47.6. The van der Waals surface area contributed by atoms with Gasteiger partial charge in [0.25, 0.3) is 0 Å². The summed E-state index contributed by atoms with van der Waals surface area (Å²) in [5.41, 5.74) is 21.0. The third-order valence-corrected chi connectivity index (χ3v) is 33.3. The Labute approximate surface area is 819 Å². The molecular formula is C130H78N6S4. The lowest BCUT2D eigenvalue weighted by molar-refractivity contribution is 1.19. The van der Waals surface area contributed by atoms with E-state index >= 15 is 0 Å². The predicted octanol–water partition coefficient (Wildman–Crippen LogP) is 38.0. The van der Waals surface area contributed by atoms with Crippen molar-refractivity contribution in [3.8, 4) is 50.8 Å². The van der Waals surface area contributed by atoms with E-state index in [2.05, 4.69) is 492 Å². The van der Waals surface area contributed by atoms with Gasteiger partial charge in [0.2, 0.25) is 0 Å². The molecule has 0 aliphatic heterocycles. The van der Waals surface area contributed by atoms with E-state index in [0.29, 0.717) is 0 Å². The Balaban J connectivity index is 0.000000103. The number of nitrogens with zero attached hydrogens (tertiary/aromatic N) is 6. The third-order valence-electron chi connectivity index (χ3n) is 28.6. The lowest BCUT2D eigenvalue weighted by Gasteiger charge is -2.25. The van der Waals surface area contributed by atoms with Gasteiger partial charge in [0, 0.05) is 155 Å². The summed E-state index contributed by atoms with van der Waals surface area (Å²) in [6.07, 6.45) is 0. The average molecular weight is 1850 g/mol. The van der Waals surface area contributed by atoms with Crippen LogP contribution in [0.5, 0.6) is 0 Å². The molecule has 140 heavy (non-hydrogen) atoms. The van der Waals surface area contributed by atoms with E-state index in [1.54, 1.807) is 0 Å². The van der Waals surface area contributed by atoms with Gasteiger partial charge in [0.05, 0.1) is 58.4 Å². The fourth-order valence-corrected chi connectivity index (χ4v) is 27.5. The van der Waals surface area contributed by atoms with Crippen molar-refractivity contribution in [3.05, 3.63) is 473 Å². The van der Waals surface area contributed by atoms with Gasteiger partial charge >= 0.3 is 0 Å². The third kappa shape index (κ3) is 12.5. The van der Waals surface area contributed by atoms with Crippen molar-refractivity contribution in [2.24, 2.45) is 0 Å². The highest BCUT2D eigenvalue weighted by Gasteiger charge is 2.29. The molecule has 0 unspecified atom stereocenters. The van der Waals surface area contributed by atoms with E-state index in [-0.39, 0.29) is 0 Å². The zero-order valence-corrected chi connectivity index (χ0v) is 78.6. The first-order chi connectivity index (χ1) is 69.5. The van der Waals surface area contributed by atoms with Crippen molar-refractivity contribution in [2.45, 2.75) is 0 Å². The number of rotatable bonds is 9. The van der Waals surface area contributed by atoms with E-state index in [0.717, 1.165) is 56.0 Å². The fraction of sp³-hybridized carbons (Fsp3) is 0. The molecule has 31 aromatic rings. The van der Waals surface area contributed by atoms with E-state index in [9.17, 15) is 0 Å². The zero-order chi connectivity index (χ0) is 91.7. The van der Waals surface area contributed by atoms with Crippen LogP contribution in [0.4, 0.5) is 17.1 Å². The van der Waals surface area contributed by atoms with Crippen molar-refractivity contribution in [2.75, 3.05) is 4.90 Å². The maximum Gasteiger partial charge on any atom is 0.160 e. The molecule has 0 aliphatic rings. The topological polar surface area (TPSA) is 43.8 Å². The molecule has 0 atom stereocenters. The van der Waals surface area contributed by atoms with Gasteiger partial charge in [0.1, 0.15) is 0 Å². The number of hydrogen-bond acceptors (Lipinski definition) is 7. The van der Waals surface area contributed by atoms with Crippen LogP contribution >= 0.6 is 45.3 Å². The number of aromatic nitrogens is 5. The molecule has 0 bridgehead atoms. The first kappa shape index (κ1) is 80.1. The molecule has 8 aromatic heterocycles. The lowest BCUT2D eigenvalue weighted by Crippen LogP contribution is -2.09. The molecule has 0 fully saturated rings. The van der Waals surface area contributed by atoms with Crippen LogP contribution in [0.15, 0.2) is 473 Å². The average Bonchev–Trinajstić information content (AvgIpc) is 1.54. The van der Waals surface area contributed by atoms with Crippen LogP contribution in [0.3, 0.4) is 0 Å². The quantitative estimate of drug-likeness (QED) is 0.135. The summed E-state index contributed by atoms with van der Waals surface area (Å²) in [5.74, 6) is 0.739. The van der Waals surface area contributed by atoms with Gasteiger partial charge in [-0.2, -0.15) is 0 Å². The van der Waals surface area contributed by atoms with Crippen molar-refractivity contribution >= 4 is 273 Å². The highest BCUT2D eigenvalue weighted by atomic mass is 32.1. The molecule has 0 saturated heterocycles. The Kier molecular flexibility index (Phi) is 18.4. The van der Waals surface area contributed by atoms with Crippen LogP contribution in [0.1, 0.15) is 0 Å². The Morgan fingerprint density at radius 3 is 1.18 bits per heavy atom. The van der Waals surface area contributed by atoms with Gasteiger partial charge in [-0.05, 0) is 193 Å². The second-order valence-electron chi connectivity index (χ2n) is 36.3. The molecule has 0 amide bonds. The van der Waals surface area contributed by atoms with E-state index in [1.165, 1.54) is 223 Å². The SMILES string of the molecule is c1ccc(-c2ccc3c(c2)c2c4ccccc4c4c5ccccc5sc4c2n3-c2ccccc2)cc1.c1ccc(-c2nc(-c3ccc4c(c3)sc3ccc(-n5c6ccccc6c6c7ccccc7c7c8ccccc8sc7c65)cc34)nc3c2ccc2ccccc23)cc1.c1ccc(N(c2ccccc2)c2ccc3sc4c(c3c2)c2ccccc2c2c3ccccc3n(-c3ccc5ccccc5c3)c42)cc1. The molecule has 652 valence electrons. The maximum absolute atomic E-state index is 5.28. The molecule has 0 radical (unpaired) electrons. The van der Waals surface area contributed by atoms with Crippen LogP contribution < -0.4 is 4.90 Å². The largest absolute Gasteiger partial charge is 0.310 e. The second kappa shape index (κ2) is 32.2. The van der Waals surface area contributed by atoms with Crippen LogP contribution in [0.25, 0.3) is 262 Å². The van der Waals surface area contributed by atoms with Gasteiger partial charge in [-0.25, -0.2) is 9.97 Å². The molecule has 6 nitrogen and oxygen atoms in total. The van der Waals surface area contributed by atoms with E-state index in [1.807, 2.05) is 45.3 Å². The summed E-state index contributed by atoms with van der Waals surface area (Å²) in [6.45, 7) is 0. The Bertz CT molecular complexity index is 10500. The molecule has 23 aromatic carbocycles. The van der Waals surface area contributed by atoms with Crippen LogP contribution in [0.2, 0.25) is 0 Å². The molecule has 0 N–H and O–H groups in total. The molecule has 0 spiro atoms. The van der Waals surface area contributed by atoms with Crippen molar-refractivity contribution < 1.29 is 0 Å². The number of thiophene rings is 4.